The Morgan fingerprint density at radius 3 is 0.545 bits per heavy atom. The summed E-state index contributed by atoms with van der Waals surface area (Å²) in [5.74, 6) is 0. The molecule has 11 heavy (non-hydrogen) atoms. The van der Waals surface area contributed by atoms with Crippen molar-refractivity contribution in [2.45, 2.75) is 0 Å². The zero-order valence-electron chi connectivity index (χ0n) is 5.39. The van der Waals surface area contributed by atoms with Crippen LogP contribution in [0.2, 0.25) is 0 Å². The summed E-state index contributed by atoms with van der Waals surface area (Å²) in [4.78, 5) is 0. The Morgan fingerprint density at radius 2 is 0.545 bits per heavy atom. The summed E-state index contributed by atoms with van der Waals surface area (Å²) < 4.78 is 0. The zero-order valence-corrected chi connectivity index (χ0v) is 12.8. The van der Waals surface area contributed by atoms with Crippen LogP contribution >= 0.6 is 0 Å². The van der Waals surface area contributed by atoms with Crippen molar-refractivity contribution in [3.63, 3.8) is 0 Å². The second-order valence-electron chi connectivity index (χ2n) is 0. The molecule has 1 radical (unpaired) electrons. The SMILES string of the molecule is [Au+3].[Au].[C-]#N.[C-]#N.[C-]#N.[C-]#N.[K+]. The third-order valence-corrected chi connectivity index (χ3v) is 0. The van der Waals surface area contributed by atoms with Crippen LogP contribution in [0.1, 0.15) is 0 Å². The second-order valence-corrected chi connectivity index (χ2v) is 0. The van der Waals surface area contributed by atoms with E-state index in [-0.39, 0.29) is 96.1 Å². The van der Waals surface area contributed by atoms with Gasteiger partial charge in [0.1, 0.15) is 0 Å². The maximum absolute atomic E-state index is 6.25. The largest absolute Gasteiger partial charge is 3.00 e. The van der Waals surface area contributed by atoms with Gasteiger partial charge in [-0.25, -0.2) is 0 Å². The van der Waals surface area contributed by atoms with Crippen molar-refractivity contribution < 1.29 is 96.1 Å². The molecule has 4 nitrogen and oxygen atoms in total. The fourth-order valence-corrected chi connectivity index (χ4v) is 0. The van der Waals surface area contributed by atoms with E-state index >= 15 is 0 Å². The smallest absolute Gasteiger partial charge is 0.512 e. The molecule has 0 aliphatic carbocycles. The Bertz CT molecular complexity index is 63.1. The third-order valence-electron chi connectivity index (χ3n) is 0. The van der Waals surface area contributed by atoms with Crippen molar-refractivity contribution in [2.75, 3.05) is 0 Å². The average Bonchev–Trinajstić information content (AvgIpc) is 2.03. The van der Waals surface area contributed by atoms with Crippen molar-refractivity contribution in [2.24, 2.45) is 0 Å². The van der Waals surface area contributed by atoms with E-state index in [0.717, 1.165) is 0 Å². The first-order valence-corrected chi connectivity index (χ1v) is 0.894. The molecule has 0 atom stereocenters. The maximum atomic E-state index is 6.25. The summed E-state index contributed by atoms with van der Waals surface area (Å²) in [6, 6.07) is 0. The molecule has 0 heterocycles. The molecule has 0 aromatic rings. The van der Waals surface area contributed by atoms with E-state index in [4.69, 9.17) is 47.3 Å². The molecule has 0 aliphatic rings. The van der Waals surface area contributed by atoms with Crippen molar-refractivity contribution in [1.29, 1.82) is 21.0 Å². The van der Waals surface area contributed by atoms with Crippen LogP contribution in [0.15, 0.2) is 0 Å². The molecule has 0 rings (SSSR count). The van der Waals surface area contributed by atoms with Gasteiger partial charge in [-0.1, -0.05) is 0 Å². The molecule has 0 aliphatic heterocycles. The van der Waals surface area contributed by atoms with Gasteiger partial charge in [-0.2, -0.15) is 0 Å². The van der Waals surface area contributed by atoms with Crippen molar-refractivity contribution >= 4 is 0 Å². The minimum absolute atomic E-state index is 0. The predicted octanol–water partition coefficient (Wildman–Crippen LogP) is -2.62. The van der Waals surface area contributed by atoms with Crippen LogP contribution in [0.4, 0.5) is 0 Å². The molecule has 0 aromatic heterocycles. The monoisotopic (exact) mass is 537 g/mol. The normalized spacial score (nSPS) is 0.727. The average molecular weight is 537 g/mol. The Kier molecular flexibility index (Phi) is 5070. The molecular formula is C4Au2KN4. The third kappa shape index (κ3) is 787. The van der Waals surface area contributed by atoms with Crippen molar-refractivity contribution in [3.05, 3.63) is 26.3 Å². The Balaban J connectivity index is -0.00000000356. The number of hydrogen-bond donors (Lipinski definition) is 0. The Morgan fingerprint density at radius 1 is 0.545 bits per heavy atom. The van der Waals surface area contributed by atoms with E-state index < -0.39 is 0 Å². The van der Waals surface area contributed by atoms with E-state index in [0.29, 0.717) is 0 Å². The molecule has 0 spiro atoms. The Hall–Kier alpha value is 1.08. The van der Waals surface area contributed by atoms with Crippen LogP contribution < -0.4 is 51.4 Å². The van der Waals surface area contributed by atoms with E-state index in [2.05, 4.69) is 0 Å². The van der Waals surface area contributed by atoms with Crippen molar-refractivity contribution in [1.82, 2.24) is 0 Å². The topological polar surface area (TPSA) is 95.2 Å². The molecule has 7 heteroatoms. The van der Waals surface area contributed by atoms with E-state index in [1.54, 1.807) is 0 Å². The summed E-state index contributed by atoms with van der Waals surface area (Å²) in [5.41, 5.74) is 0. The summed E-state index contributed by atoms with van der Waals surface area (Å²) in [5, 5.41) is 25.0. The minimum atomic E-state index is 0. The fraction of sp³-hybridized carbons (Fsp3) is 0. The fourth-order valence-electron chi connectivity index (χ4n) is 0. The first kappa shape index (κ1) is 57.5. The van der Waals surface area contributed by atoms with Gasteiger partial charge >= 0.3 is 73.8 Å². The van der Waals surface area contributed by atoms with E-state index in [1.165, 1.54) is 0 Å². The molecule has 0 amide bonds. The van der Waals surface area contributed by atoms with Gasteiger partial charge < -0.3 is 47.3 Å². The first-order chi connectivity index (χ1) is 4.00. The van der Waals surface area contributed by atoms with Crippen LogP contribution in [-0.2, 0) is 44.8 Å². The number of hydrogen-bond acceptors (Lipinski definition) is 4. The molecule has 0 unspecified atom stereocenters. The number of rotatable bonds is 0. The molecular weight excluding hydrogens is 537 g/mol. The van der Waals surface area contributed by atoms with E-state index in [9.17, 15) is 0 Å². The van der Waals surface area contributed by atoms with Gasteiger partial charge in [-0.15, -0.1) is 0 Å². The van der Waals surface area contributed by atoms with Crippen LogP contribution in [0.3, 0.4) is 0 Å². The summed E-state index contributed by atoms with van der Waals surface area (Å²) >= 11 is 0. The van der Waals surface area contributed by atoms with Crippen molar-refractivity contribution in [3.8, 4) is 0 Å². The van der Waals surface area contributed by atoms with Gasteiger partial charge in [0, 0.05) is 22.4 Å². The van der Waals surface area contributed by atoms with E-state index in [1.807, 2.05) is 0 Å². The van der Waals surface area contributed by atoms with Gasteiger partial charge in [-0.05, 0) is 0 Å². The standard InChI is InChI=1S/4CN.2Au.K/c4*1-2;;;/q4*-1;;+3;+1. The van der Waals surface area contributed by atoms with Crippen LogP contribution in [0, 0.1) is 47.3 Å². The van der Waals surface area contributed by atoms with Gasteiger partial charge in [0.05, 0.1) is 0 Å². The van der Waals surface area contributed by atoms with Crippen LogP contribution in [0.5, 0.6) is 0 Å². The molecule has 0 fully saturated rings. The van der Waals surface area contributed by atoms with Gasteiger partial charge in [0.2, 0.25) is 0 Å². The summed E-state index contributed by atoms with van der Waals surface area (Å²) in [6.45, 7) is 19.0. The molecule has 59 valence electrons. The van der Waals surface area contributed by atoms with Gasteiger partial charge in [0.25, 0.3) is 0 Å². The molecule has 0 saturated carbocycles. The molecule has 0 N–H and O–H groups in total. The van der Waals surface area contributed by atoms with Gasteiger partial charge in [0.15, 0.2) is 0 Å². The number of nitrogens with zero attached hydrogens (tertiary/aromatic N) is 4. The zero-order chi connectivity index (χ0) is 8.00. The van der Waals surface area contributed by atoms with Crippen LogP contribution in [0.25, 0.3) is 0 Å². The quantitative estimate of drug-likeness (QED) is 0.250. The predicted molar refractivity (Wildman–Crippen MR) is 19.9 cm³/mol. The second kappa shape index (κ2) is 970. The minimum Gasteiger partial charge on any atom is -0.512 e. The molecule has 0 saturated heterocycles. The van der Waals surface area contributed by atoms with Gasteiger partial charge in [-0.3, -0.25) is 0 Å². The van der Waals surface area contributed by atoms with Crippen LogP contribution in [-0.4, -0.2) is 0 Å². The summed E-state index contributed by atoms with van der Waals surface area (Å²) in [6.07, 6.45) is 0. The first-order valence-electron chi connectivity index (χ1n) is 0.894. The molecule has 0 aromatic carbocycles. The molecule has 0 bridgehead atoms. The summed E-state index contributed by atoms with van der Waals surface area (Å²) in [7, 11) is 0. The maximum Gasteiger partial charge on any atom is 3.00 e. The Labute approximate surface area is 141 Å².